The topological polar surface area (TPSA) is 126 Å². The Balaban J connectivity index is 2.22. The van der Waals surface area contributed by atoms with Crippen LogP contribution in [0.15, 0.2) is 54.1 Å². The Morgan fingerprint density at radius 2 is 1.86 bits per heavy atom. The summed E-state index contributed by atoms with van der Waals surface area (Å²) >= 11 is 0. The van der Waals surface area contributed by atoms with Gasteiger partial charge in [-0.3, -0.25) is 15.3 Å². The molecule has 190 valence electrons. The molecular formula is C24H28F2N2O7. The van der Waals surface area contributed by atoms with Gasteiger partial charge < -0.3 is 19.3 Å². The third-order valence-electron chi connectivity index (χ3n) is 4.97. The minimum absolute atomic E-state index is 0.110. The normalized spacial score (nSPS) is 13.0. The number of carbonyl (C=O) groups is 2. The maximum atomic E-state index is 14.0. The Kier molecular flexibility index (Phi) is 11.1. The van der Waals surface area contributed by atoms with Crippen LogP contribution in [0.1, 0.15) is 31.4 Å². The largest absolute Gasteiger partial charge is 0.491 e. The summed E-state index contributed by atoms with van der Waals surface area (Å²) in [5.41, 5.74) is 2.11. The number of hydroxylamine groups is 1. The molecule has 0 aromatic heterocycles. The number of benzene rings is 2. The molecule has 0 fully saturated rings. The Bertz CT molecular complexity index is 1020. The average molecular weight is 494 g/mol. The van der Waals surface area contributed by atoms with E-state index < -0.39 is 35.8 Å². The minimum Gasteiger partial charge on any atom is -0.491 e. The van der Waals surface area contributed by atoms with Crippen molar-refractivity contribution in [3.05, 3.63) is 71.3 Å². The summed E-state index contributed by atoms with van der Waals surface area (Å²) in [6.45, 7) is 1.48. The molecule has 0 aliphatic rings. The van der Waals surface area contributed by atoms with Crippen LogP contribution >= 0.6 is 0 Å². The maximum Gasteiger partial charge on any atom is 0.412 e. The van der Waals surface area contributed by atoms with Crippen molar-refractivity contribution in [2.45, 2.75) is 32.0 Å². The van der Waals surface area contributed by atoms with Crippen LogP contribution in [-0.2, 0) is 14.3 Å². The van der Waals surface area contributed by atoms with Crippen molar-refractivity contribution < 1.29 is 42.9 Å². The molecule has 2 rings (SSSR count). The van der Waals surface area contributed by atoms with Crippen molar-refractivity contribution >= 4 is 17.7 Å². The number of methoxy groups -OCH3 is 1. The van der Waals surface area contributed by atoms with Gasteiger partial charge in [-0.1, -0.05) is 18.2 Å². The fourth-order valence-corrected chi connectivity index (χ4v) is 3.16. The highest BCUT2D eigenvalue weighted by atomic mass is 19.1. The van der Waals surface area contributed by atoms with Gasteiger partial charge in [-0.2, -0.15) is 0 Å². The van der Waals surface area contributed by atoms with E-state index >= 15 is 0 Å². The zero-order valence-electron chi connectivity index (χ0n) is 19.3. The number of hydrogen-bond acceptors (Lipinski definition) is 7. The van der Waals surface area contributed by atoms with Crippen LogP contribution in [0.2, 0.25) is 0 Å². The van der Waals surface area contributed by atoms with Crippen LogP contribution in [0.25, 0.3) is 0 Å². The number of nitrogens with one attached hydrogen (secondary N) is 2. The Morgan fingerprint density at radius 1 is 1.14 bits per heavy atom. The lowest BCUT2D eigenvalue weighted by molar-refractivity contribution is -0.125. The summed E-state index contributed by atoms with van der Waals surface area (Å²) in [7, 11) is 1.42. The van der Waals surface area contributed by atoms with E-state index in [-0.39, 0.29) is 24.5 Å². The highest BCUT2D eigenvalue weighted by Crippen LogP contribution is 2.29. The van der Waals surface area contributed by atoms with Crippen LogP contribution in [0.5, 0.6) is 5.75 Å². The molecule has 2 amide bonds. The molecule has 0 aliphatic carbocycles. The van der Waals surface area contributed by atoms with E-state index in [1.165, 1.54) is 14.0 Å². The van der Waals surface area contributed by atoms with Crippen molar-refractivity contribution in [2.24, 2.45) is 0 Å². The van der Waals surface area contributed by atoms with E-state index in [4.69, 9.17) is 24.5 Å². The number of aliphatic hydroxyl groups is 1. The first-order chi connectivity index (χ1) is 16.8. The second-order valence-corrected chi connectivity index (χ2v) is 7.40. The zero-order valence-corrected chi connectivity index (χ0v) is 19.3. The summed E-state index contributed by atoms with van der Waals surface area (Å²) in [6.07, 6.45) is -0.356. The Labute approximate surface area is 201 Å². The van der Waals surface area contributed by atoms with Gasteiger partial charge in [-0.05, 0) is 49.6 Å². The highest BCUT2D eigenvalue weighted by molar-refractivity contribution is 5.91. The van der Waals surface area contributed by atoms with Gasteiger partial charge in [0, 0.05) is 18.7 Å². The van der Waals surface area contributed by atoms with Crippen molar-refractivity contribution in [2.75, 3.05) is 25.6 Å². The summed E-state index contributed by atoms with van der Waals surface area (Å²) in [5.74, 6) is -1.91. The standard InChI is InChI=1S/C24H28F2N2O7/c1-15(23(30)28-32)4-3-5-21(33-2)22(16-6-9-18(10-7-16)34-13-12-29)35-24(31)27-20-11-8-17(25)14-19(20)26/h4,6-11,14,21-22,29,32H,3,5,12-13H2,1-2H3,(H,27,31)(H,28,30)/b15-4+/t21-,22-/m1/s1. The molecule has 0 unspecified atom stereocenters. The van der Waals surface area contributed by atoms with Gasteiger partial charge in [0.15, 0.2) is 6.10 Å². The number of rotatable bonds is 12. The number of halogens is 2. The molecule has 2 aromatic rings. The molecule has 0 aliphatic heterocycles. The monoisotopic (exact) mass is 494 g/mol. The SMILES string of the molecule is CO[C@H](CC/C=C(\C)C(=O)NO)[C@H](OC(=O)Nc1ccc(F)cc1F)c1ccc(OCCO)cc1. The van der Waals surface area contributed by atoms with Gasteiger partial charge in [0.05, 0.1) is 18.4 Å². The first kappa shape index (κ1) is 27.7. The van der Waals surface area contributed by atoms with Crippen molar-refractivity contribution in [1.29, 1.82) is 0 Å². The van der Waals surface area contributed by atoms with Gasteiger partial charge in [0.2, 0.25) is 0 Å². The second kappa shape index (κ2) is 14.0. The third-order valence-corrected chi connectivity index (χ3v) is 4.97. The van der Waals surface area contributed by atoms with Crippen molar-refractivity contribution in [3.8, 4) is 5.75 Å². The van der Waals surface area contributed by atoms with E-state index in [0.717, 1.165) is 12.1 Å². The Hall–Kier alpha value is -3.54. The van der Waals surface area contributed by atoms with E-state index in [9.17, 15) is 18.4 Å². The smallest absolute Gasteiger partial charge is 0.412 e. The molecule has 4 N–H and O–H groups in total. The van der Waals surface area contributed by atoms with Crippen LogP contribution in [0.3, 0.4) is 0 Å². The number of anilines is 1. The predicted octanol–water partition coefficient (Wildman–Crippen LogP) is 3.87. The molecule has 0 saturated carbocycles. The highest BCUT2D eigenvalue weighted by Gasteiger charge is 2.27. The second-order valence-electron chi connectivity index (χ2n) is 7.40. The van der Waals surface area contributed by atoms with Gasteiger partial charge in [-0.25, -0.2) is 19.1 Å². The van der Waals surface area contributed by atoms with Gasteiger partial charge >= 0.3 is 6.09 Å². The number of carbonyl (C=O) groups excluding carboxylic acids is 2. The lowest BCUT2D eigenvalue weighted by atomic mass is 9.99. The molecule has 0 saturated heterocycles. The van der Waals surface area contributed by atoms with Crippen LogP contribution in [-0.4, -0.2) is 48.7 Å². The molecule has 0 heterocycles. The van der Waals surface area contributed by atoms with Gasteiger partial charge in [0.25, 0.3) is 5.91 Å². The van der Waals surface area contributed by atoms with E-state index in [1.807, 2.05) is 0 Å². The third kappa shape index (κ3) is 8.63. The number of aliphatic hydroxyl groups excluding tert-OH is 1. The fourth-order valence-electron chi connectivity index (χ4n) is 3.16. The predicted molar refractivity (Wildman–Crippen MR) is 122 cm³/mol. The summed E-state index contributed by atoms with van der Waals surface area (Å²) in [6, 6.07) is 9.25. The zero-order chi connectivity index (χ0) is 25.8. The first-order valence-electron chi connectivity index (χ1n) is 10.7. The fraction of sp³-hybridized carbons (Fsp3) is 0.333. The van der Waals surface area contributed by atoms with E-state index in [2.05, 4.69) is 5.32 Å². The molecule has 2 atom stereocenters. The van der Waals surface area contributed by atoms with Gasteiger partial charge in [0.1, 0.15) is 24.0 Å². The minimum atomic E-state index is -0.991. The van der Waals surface area contributed by atoms with Crippen LogP contribution in [0.4, 0.5) is 19.3 Å². The molecule has 11 heteroatoms. The first-order valence-corrected chi connectivity index (χ1v) is 10.7. The van der Waals surface area contributed by atoms with Crippen molar-refractivity contribution in [1.82, 2.24) is 5.48 Å². The lowest BCUT2D eigenvalue weighted by Gasteiger charge is -2.26. The van der Waals surface area contributed by atoms with Crippen LogP contribution < -0.4 is 15.5 Å². The Morgan fingerprint density at radius 3 is 2.46 bits per heavy atom. The number of hydrogen-bond donors (Lipinski definition) is 4. The molecule has 0 bridgehead atoms. The van der Waals surface area contributed by atoms with Crippen LogP contribution in [0, 0.1) is 11.6 Å². The number of ether oxygens (including phenoxy) is 3. The molecule has 35 heavy (non-hydrogen) atoms. The molecule has 2 aromatic carbocycles. The quantitative estimate of drug-likeness (QED) is 0.200. The van der Waals surface area contributed by atoms with E-state index in [1.54, 1.807) is 35.8 Å². The summed E-state index contributed by atoms with van der Waals surface area (Å²) in [4.78, 5) is 24.0. The molecule has 0 spiro atoms. The van der Waals surface area contributed by atoms with Crippen molar-refractivity contribution in [3.63, 3.8) is 0 Å². The van der Waals surface area contributed by atoms with E-state index in [0.29, 0.717) is 30.2 Å². The number of amides is 2. The average Bonchev–Trinajstić information content (AvgIpc) is 2.85. The number of allylic oxidation sites excluding steroid dienone is 1. The maximum absolute atomic E-state index is 14.0. The summed E-state index contributed by atoms with van der Waals surface area (Å²) < 4.78 is 43.6. The summed E-state index contributed by atoms with van der Waals surface area (Å²) in [5, 5.41) is 19.9. The van der Waals surface area contributed by atoms with Gasteiger partial charge in [-0.15, -0.1) is 0 Å². The molecular weight excluding hydrogens is 466 g/mol. The lowest BCUT2D eigenvalue weighted by Crippen LogP contribution is -2.28. The molecule has 9 nitrogen and oxygen atoms in total. The molecule has 0 radical (unpaired) electrons.